The smallest absolute Gasteiger partial charge is 0.288 e. The van der Waals surface area contributed by atoms with E-state index >= 15 is 0 Å². The Labute approximate surface area is 180 Å². The van der Waals surface area contributed by atoms with Crippen LogP contribution in [0.15, 0.2) is 39.5 Å². The fourth-order valence-electron chi connectivity index (χ4n) is 4.28. The van der Waals surface area contributed by atoms with Crippen molar-refractivity contribution in [2.45, 2.75) is 18.4 Å². The summed E-state index contributed by atoms with van der Waals surface area (Å²) in [6.45, 7) is 0.474. The number of aliphatic hydroxyl groups is 1. The van der Waals surface area contributed by atoms with Crippen LogP contribution in [-0.4, -0.2) is 51.4 Å². The van der Waals surface area contributed by atoms with Crippen LogP contribution in [0.3, 0.4) is 0 Å². The van der Waals surface area contributed by atoms with Gasteiger partial charge < -0.3 is 24.6 Å². The Morgan fingerprint density at radius 1 is 1.29 bits per heavy atom. The van der Waals surface area contributed by atoms with Crippen molar-refractivity contribution in [3.05, 3.63) is 61.3 Å². The van der Waals surface area contributed by atoms with E-state index in [-0.39, 0.29) is 62.9 Å². The van der Waals surface area contributed by atoms with Crippen LogP contribution in [0.2, 0.25) is 5.02 Å². The number of nitrogens with zero attached hydrogens (tertiary/aromatic N) is 2. The van der Waals surface area contributed by atoms with Gasteiger partial charge in [-0.25, -0.2) is 0 Å². The van der Waals surface area contributed by atoms with Crippen molar-refractivity contribution in [2.75, 3.05) is 20.2 Å². The van der Waals surface area contributed by atoms with Crippen LogP contribution >= 0.6 is 11.6 Å². The van der Waals surface area contributed by atoms with E-state index in [0.29, 0.717) is 13.0 Å². The van der Waals surface area contributed by atoms with Crippen LogP contribution in [0.4, 0.5) is 5.69 Å². The van der Waals surface area contributed by atoms with Gasteiger partial charge in [0.1, 0.15) is 33.3 Å². The molecular weight excluding hydrogens is 428 g/mol. The Morgan fingerprint density at radius 2 is 2.03 bits per heavy atom. The molecule has 1 aromatic heterocycles. The summed E-state index contributed by atoms with van der Waals surface area (Å²) in [5.41, 5.74) is -0.563. The Bertz CT molecular complexity index is 1260. The molecule has 3 aromatic rings. The molecule has 31 heavy (non-hydrogen) atoms. The molecule has 0 bridgehead atoms. The molecule has 9 nitrogen and oxygen atoms in total. The lowest BCUT2D eigenvalue weighted by Crippen LogP contribution is -2.32. The fourth-order valence-corrected chi connectivity index (χ4v) is 4.56. The predicted molar refractivity (Wildman–Crippen MR) is 114 cm³/mol. The first-order valence-corrected chi connectivity index (χ1v) is 9.89. The molecule has 4 rings (SSSR count). The molecule has 0 saturated carbocycles. The number of fused-ring (bicyclic) bond motifs is 1. The van der Waals surface area contributed by atoms with E-state index in [1.807, 2.05) is 11.9 Å². The summed E-state index contributed by atoms with van der Waals surface area (Å²) in [6.07, 6.45) is 0.584. The number of aromatic hydroxyl groups is 2. The van der Waals surface area contributed by atoms with Crippen LogP contribution in [0, 0.1) is 10.1 Å². The minimum absolute atomic E-state index is 0.0376. The van der Waals surface area contributed by atoms with E-state index in [1.54, 1.807) is 0 Å². The van der Waals surface area contributed by atoms with Crippen molar-refractivity contribution in [2.24, 2.45) is 0 Å². The van der Waals surface area contributed by atoms with Crippen LogP contribution in [0.5, 0.6) is 11.5 Å². The standard InChI is InChI=1S/C21H19ClN2O7/c1-23-6-5-10(13(23)9-25)18-14(26)7-15(27)19-16(28)8-17(31-21(18)19)11-3-2-4-12(20(11)22)24(29)30/h2-4,7-8,10,13,25-27H,5-6,9H2,1H3/t10-,13+/m0/s1. The van der Waals surface area contributed by atoms with Crippen molar-refractivity contribution < 1.29 is 24.7 Å². The molecule has 162 valence electrons. The van der Waals surface area contributed by atoms with Gasteiger partial charge in [0.15, 0.2) is 5.43 Å². The third-order valence-electron chi connectivity index (χ3n) is 5.82. The number of nitro groups is 1. The number of nitro benzene ring substituents is 1. The van der Waals surface area contributed by atoms with Gasteiger partial charge in [0.05, 0.1) is 11.5 Å². The molecule has 3 N–H and O–H groups in total. The summed E-state index contributed by atoms with van der Waals surface area (Å²) < 4.78 is 5.95. The van der Waals surface area contributed by atoms with Gasteiger partial charge in [0.25, 0.3) is 5.69 Å². The van der Waals surface area contributed by atoms with Crippen molar-refractivity contribution >= 4 is 28.3 Å². The lowest BCUT2D eigenvalue weighted by Gasteiger charge is -2.24. The first-order valence-electron chi connectivity index (χ1n) is 9.51. The van der Waals surface area contributed by atoms with Crippen molar-refractivity contribution in [1.82, 2.24) is 4.90 Å². The summed E-state index contributed by atoms with van der Waals surface area (Å²) in [5.74, 6) is -1.12. The second kappa shape index (κ2) is 7.84. The zero-order valence-corrected chi connectivity index (χ0v) is 17.2. The molecule has 1 saturated heterocycles. The molecule has 0 unspecified atom stereocenters. The highest BCUT2D eigenvalue weighted by Gasteiger charge is 2.36. The Hall–Kier alpha value is -3.14. The van der Waals surface area contributed by atoms with Gasteiger partial charge in [-0.15, -0.1) is 0 Å². The van der Waals surface area contributed by atoms with Gasteiger partial charge in [-0.1, -0.05) is 17.7 Å². The number of phenolic OH excluding ortho intramolecular Hbond substituents is 2. The minimum atomic E-state index is -0.645. The molecule has 10 heteroatoms. The number of rotatable bonds is 4. The molecule has 2 atom stereocenters. The van der Waals surface area contributed by atoms with Crippen LogP contribution in [0.25, 0.3) is 22.3 Å². The quantitative estimate of drug-likeness (QED) is 0.410. The van der Waals surface area contributed by atoms with Crippen LogP contribution < -0.4 is 5.43 Å². The van der Waals surface area contributed by atoms with Crippen molar-refractivity contribution in [1.29, 1.82) is 0 Å². The van der Waals surface area contributed by atoms with Gasteiger partial charge in [-0.3, -0.25) is 14.9 Å². The second-order valence-electron chi connectivity index (χ2n) is 7.53. The number of hydrogen-bond donors (Lipinski definition) is 3. The molecule has 2 aromatic carbocycles. The summed E-state index contributed by atoms with van der Waals surface area (Å²) >= 11 is 6.19. The summed E-state index contributed by atoms with van der Waals surface area (Å²) in [4.78, 5) is 25.4. The maximum atomic E-state index is 12.9. The largest absolute Gasteiger partial charge is 0.507 e. The number of likely N-dealkylation sites (N-methyl/N-ethyl adjacent to an activating group) is 1. The third-order valence-corrected chi connectivity index (χ3v) is 6.22. The van der Waals surface area contributed by atoms with Crippen molar-refractivity contribution in [3.63, 3.8) is 0 Å². The zero-order chi connectivity index (χ0) is 22.4. The lowest BCUT2D eigenvalue weighted by atomic mass is 9.89. The summed E-state index contributed by atoms with van der Waals surface area (Å²) in [6, 6.07) is 5.97. The highest BCUT2D eigenvalue weighted by molar-refractivity contribution is 6.35. The predicted octanol–water partition coefficient (Wildman–Crippen LogP) is 3.21. The number of likely N-dealkylation sites (tertiary alicyclic amines) is 1. The van der Waals surface area contributed by atoms with Gasteiger partial charge >= 0.3 is 0 Å². The molecular formula is C21H19ClN2O7. The summed E-state index contributed by atoms with van der Waals surface area (Å²) in [5, 5.41) is 41.7. The molecule has 1 fully saturated rings. The Balaban J connectivity index is 2.02. The number of hydrogen-bond acceptors (Lipinski definition) is 8. The average Bonchev–Trinajstić information content (AvgIpc) is 3.07. The van der Waals surface area contributed by atoms with E-state index in [2.05, 4.69) is 0 Å². The van der Waals surface area contributed by atoms with E-state index < -0.39 is 16.1 Å². The number of phenols is 2. The molecule has 2 heterocycles. The Morgan fingerprint density at radius 3 is 2.71 bits per heavy atom. The van der Waals surface area contributed by atoms with E-state index in [1.165, 1.54) is 18.2 Å². The maximum Gasteiger partial charge on any atom is 0.288 e. The van der Waals surface area contributed by atoms with Gasteiger partial charge in [-0.05, 0) is 26.1 Å². The third kappa shape index (κ3) is 3.40. The normalized spacial score (nSPS) is 19.2. The highest BCUT2D eigenvalue weighted by atomic mass is 35.5. The van der Waals surface area contributed by atoms with E-state index in [4.69, 9.17) is 16.0 Å². The first-order chi connectivity index (χ1) is 14.7. The molecule has 1 aliphatic heterocycles. The topological polar surface area (TPSA) is 137 Å². The van der Waals surface area contributed by atoms with Crippen LogP contribution in [0.1, 0.15) is 17.9 Å². The Kier molecular flexibility index (Phi) is 5.34. The lowest BCUT2D eigenvalue weighted by molar-refractivity contribution is -0.384. The average molecular weight is 447 g/mol. The molecule has 0 aliphatic carbocycles. The SMILES string of the molecule is CN1CC[C@H](c2c(O)cc(O)c3c(=O)cc(-c4cccc([N+](=O)[O-])c4Cl)oc23)[C@H]1CO. The molecule has 0 radical (unpaired) electrons. The van der Waals surface area contributed by atoms with Gasteiger partial charge in [0.2, 0.25) is 0 Å². The first kappa shape index (κ1) is 21.1. The van der Waals surface area contributed by atoms with Gasteiger partial charge in [0, 0.05) is 41.3 Å². The minimum Gasteiger partial charge on any atom is -0.507 e. The monoisotopic (exact) mass is 446 g/mol. The number of aliphatic hydroxyl groups excluding tert-OH is 1. The van der Waals surface area contributed by atoms with E-state index in [0.717, 1.165) is 12.1 Å². The summed E-state index contributed by atoms with van der Waals surface area (Å²) in [7, 11) is 1.84. The van der Waals surface area contributed by atoms with Crippen LogP contribution in [-0.2, 0) is 0 Å². The zero-order valence-electron chi connectivity index (χ0n) is 16.4. The van der Waals surface area contributed by atoms with E-state index in [9.17, 15) is 30.2 Å². The van der Waals surface area contributed by atoms with Crippen molar-refractivity contribution in [3.8, 4) is 22.8 Å². The molecule has 0 spiro atoms. The maximum absolute atomic E-state index is 12.9. The number of benzene rings is 2. The molecule has 0 amide bonds. The second-order valence-corrected chi connectivity index (χ2v) is 7.91. The number of halogens is 1. The molecule has 1 aliphatic rings. The van der Waals surface area contributed by atoms with Gasteiger partial charge in [-0.2, -0.15) is 0 Å². The fraction of sp³-hybridized carbons (Fsp3) is 0.286. The highest BCUT2D eigenvalue weighted by Crippen LogP contribution is 2.45.